The van der Waals surface area contributed by atoms with Crippen molar-refractivity contribution >= 4 is 22.8 Å². The van der Waals surface area contributed by atoms with Crippen LogP contribution >= 0.6 is 0 Å². The second kappa shape index (κ2) is 7.22. The molecule has 0 radical (unpaired) electrons. The highest BCUT2D eigenvalue weighted by Gasteiger charge is 2.28. The van der Waals surface area contributed by atoms with Crippen LogP contribution in [0.4, 0.5) is 19.0 Å². The summed E-state index contributed by atoms with van der Waals surface area (Å²) in [6, 6.07) is 2.86. The van der Waals surface area contributed by atoms with Gasteiger partial charge in [0.15, 0.2) is 5.82 Å². The predicted octanol–water partition coefficient (Wildman–Crippen LogP) is 3.22. The second-order valence-electron chi connectivity index (χ2n) is 6.37. The molecule has 3 rings (SSSR count). The first kappa shape index (κ1) is 18.6. The standard InChI is InChI=1S/C17H17F3N6O.2H2/c1-17(2,16(27)24-8-12(19)20)26-13-3-4-21-15(25-13)11-7-23-14-10(11)5-9(18)6-22-14;;/h3-7,12H,8H2,1-2H3,(H,22,23)(H,24,27)(H,21,25,26);2*1H. The summed E-state index contributed by atoms with van der Waals surface area (Å²) < 4.78 is 38.1. The molecule has 0 aromatic carbocycles. The molecule has 0 atom stereocenters. The molecule has 3 aromatic heterocycles. The van der Waals surface area contributed by atoms with Gasteiger partial charge in [-0.2, -0.15) is 0 Å². The van der Waals surface area contributed by atoms with Gasteiger partial charge in [0, 0.05) is 26.2 Å². The third kappa shape index (κ3) is 4.15. The molecule has 0 bridgehead atoms. The third-order valence-electron chi connectivity index (χ3n) is 3.82. The van der Waals surface area contributed by atoms with E-state index in [9.17, 15) is 18.0 Å². The number of aromatic nitrogens is 4. The van der Waals surface area contributed by atoms with Crippen molar-refractivity contribution in [3.05, 3.63) is 36.5 Å². The molecule has 3 aromatic rings. The quantitative estimate of drug-likeness (QED) is 0.608. The van der Waals surface area contributed by atoms with Crippen LogP contribution in [0.15, 0.2) is 30.7 Å². The number of alkyl halides is 2. The zero-order chi connectivity index (χ0) is 19.6. The molecule has 3 N–H and O–H groups in total. The number of rotatable bonds is 6. The van der Waals surface area contributed by atoms with Gasteiger partial charge in [-0.3, -0.25) is 4.79 Å². The van der Waals surface area contributed by atoms with E-state index in [4.69, 9.17) is 0 Å². The van der Waals surface area contributed by atoms with Crippen molar-refractivity contribution in [2.45, 2.75) is 25.8 Å². The average Bonchev–Trinajstić information content (AvgIpc) is 3.02. The summed E-state index contributed by atoms with van der Waals surface area (Å²) in [7, 11) is 0. The molecule has 0 fully saturated rings. The van der Waals surface area contributed by atoms with E-state index in [0.717, 1.165) is 6.20 Å². The predicted molar refractivity (Wildman–Crippen MR) is 98.0 cm³/mol. The van der Waals surface area contributed by atoms with Crippen LogP contribution < -0.4 is 10.6 Å². The normalized spacial score (nSPS) is 11.8. The maximum atomic E-state index is 13.5. The van der Waals surface area contributed by atoms with E-state index in [1.165, 1.54) is 12.3 Å². The number of amides is 1. The average molecular weight is 382 g/mol. The van der Waals surface area contributed by atoms with Crippen molar-refractivity contribution in [3.63, 3.8) is 0 Å². The lowest BCUT2D eigenvalue weighted by atomic mass is 10.0. The van der Waals surface area contributed by atoms with Crippen LogP contribution in [0.2, 0.25) is 0 Å². The van der Waals surface area contributed by atoms with Gasteiger partial charge in [-0.25, -0.2) is 28.1 Å². The van der Waals surface area contributed by atoms with E-state index in [0.29, 0.717) is 28.2 Å². The lowest BCUT2D eigenvalue weighted by Crippen LogP contribution is -2.49. The molecule has 0 saturated carbocycles. The number of pyridine rings is 1. The molecule has 0 saturated heterocycles. The van der Waals surface area contributed by atoms with Gasteiger partial charge in [-0.05, 0) is 26.0 Å². The number of carbonyl (C=O) groups excluding carboxylic acids is 1. The van der Waals surface area contributed by atoms with Crippen molar-refractivity contribution < 1.29 is 20.8 Å². The van der Waals surface area contributed by atoms with Crippen molar-refractivity contribution in [1.82, 2.24) is 25.3 Å². The summed E-state index contributed by atoms with van der Waals surface area (Å²) in [6.07, 6.45) is 1.55. The van der Waals surface area contributed by atoms with Crippen molar-refractivity contribution in [2.24, 2.45) is 0 Å². The minimum atomic E-state index is -2.63. The van der Waals surface area contributed by atoms with E-state index < -0.39 is 30.2 Å². The second-order valence-corrected chi connectivity index (χ2v) is 6.37. The van der Waals surface area contributed by atoms with Crippen LogP contribution in [0.3, 0.4) is 0 Å². The molecular weight excluding hydrogens is 361 g/mol. The Morgan fingerprint density at radius 2 is 2.15 bits per heavy atom. The monoisotopic (exact) mass is 382 g/mol. The number of anilines is 1. The molecule has 0 aliphatic heterocycles. The molecule has 1 amide bonds. The zero-order valence-electron chi connectivity index (χ0n) is 14.6. The van der Waals surface area contributed by atoms with Crippen LogP contribution in [0, 0.1) is 5.82 Å². The zero-order valence-corrected chi connectivity index (χ0v) is 14.6. The van der Waals surface area contributed by atoms with E-state index in [1.807, 2.05) is 0 Å². The molecular formula is C17H21F3N6O. The number of hydrogen-bond acceptors (Lipinski definition) is 5. The largest absolute Gasteiger partial charge is 0.356 e. The highest BCUT2D eigenvalue weighted by Crippen LogP contribution is 2.26. The molecule has 0 unspecified atom stereocenters. The first-order valence-corrected chi connectivity index (χ1v) is 8.07. The van der Waals surface area contributed by atoms with Gasteiger partial charge >= 0.3 is 0 Å². The molecule has 3 heterocycles. The van der Waals surface area contributed by atoms with E-state index in [2.05, 4.69) is 30.6 Å². The highest BCUT2D eigenvalue weighted by atomic mass is 19.3. The molecule has 7 nitrogen and oxygen atoms in total. The van der Waals surface area contributed by atoms with Crippen LogP contribution in [0.1, 0.15) is 16.7 Å². The minimum Gasteiger partial charge on any atom is -0.356 e. The topological polar surface area (TPSA) is 95.6 Å². The van der Waals surface area contributed by atoms with E-state index >= 15 is 0 Å². The Kier molecular flexibility index (Phi) is 4.98. The summed E-state index contributed by atoms with van der Waals surface area (Å²) in [5, 5.41) is 5.58. The summed E-state index contributed by atoms with van der Waals surface area (Å²) in [5.74, 6) is -0.478. The Morgan fingerprint density at radius 1 is 1.37 bits per heavy atom. The number of nitrogens with zero attached hydrogens (tertiary/aromatic N) is 3. The third-order valence-corrected chi connectivity index (χ3v) is 3.82. The summed E-state index contributed by atoms with van der Waals surface area (Å²) in [5.41, 5.74) is -0.158. The Balaban J connectivity index is 0.00000210. The number of hydrogen-bond donors (Lipinski definition) is 3. The number of H-pyrrole nitrogens is 1. The highest BCUT2D eigenvalue weighted by molar-refractivity contribution is 5.92. The number of fused-ring (bicyclic) bond motifs is 1. The first-order valence-electron chi connectivity index (χ1n) is 8.07. The van der Waals surface area contributed by atoms with Crippen LogP contribution in [-0.4, -0.2) is 44.4 Å². The molecule has 27 heavy (non-hydrogen) atoms. The number of nitrogens with one attached hydrogen (secondary N) is 3. The van der Waals surface area contributed by atoms with Gasteiger partial charge in [0.25, 0.3) is 6.43 Å². The van der Waals surface area contributed by atoms with Crippen molar-refractivity contribution in [1.29, 1.82) is 0 Å². The molecule has 0 aliphatic carbocycles. The van der Waals surface area contributed by atoms with Gasteiger partial charge in [-0.15, -0.1) is 0 Å². The van der Waals surface area contributed by atoms with E-state index in [-0.39, 0.29) is 2.85 Å². The fourth-order valence-electron chi connectivity index (χ4n) is 2.49. The lowest BCUT2D eigenvalue weighted by Gasteiger charge is -2.25. The molecule has 146 valence electrons. The maximum absolute atomic E-state index is 13.5. The number of aromatic amines is 1. The van der Waals surface area contributed by atoms with E-state index in [1.54, 1.807) is 26.1 Å². The lowest BCUT2D eigenvalue weighted by molar-refractivity contribution is -0.125. The minimum absolute atomic E-state index is 0. The molecule has 0 aliphatic rings. The Morgan fingerprint density at radius 3 is 2.89 bits per heavy atom. The fraction of sp³-hybridized carbons (Fsp3) is 0.294. The Labute approximate surface area is 155 Å². The summed E-state index contributed by atoms with van der Waals surface area (Å²) in [6.45, 7) is 2.36. The van der Waals surface area contributed by atoms with Crippen molar-refractivity contribution in [3.8, 4) is 11.4 Å². The maximum Gasteiger partial charge on any atom is 0.255 e. The number of carbonyl (C=O) groups is 1. The van der Waals surface area contributed by atoms with Gasteiger partial charge in [0.2, 0.25) is 5.91 Å². The Bertz CT molecular complexity index is 983. The van der Waals surface area contributed by atoms with Gasteiger partial charge in [0.1, 0.15) is 22.8 Å². The summed E-state index contributed by atoms with van der Waals surface area (Å²) in [4.78, 5) is 27.5. The Hall–Kier alpha value is -3.17. The van der Waals surface area contributed by atoms with Gasteiger partial charge in [-0.1, -0.05) is 0 Å². The van der Waals surface area contributed by atoms with Gasteiger partial charge < -0.3 is 15.6 Å². The SMILES string of the molecule is CC(C)(Nc1ccnc(-c2c[nH]c3ncc(F)cc23)n1)C(=O)NCC(F)F.[HH].[HH]. The fourth-order valence-corrected chi connectivity index (χ4v) is 2.49. The molecule has 0 spiro atoms. The van der Waals surface area contributed by atoms with Crippen LogP contribution in [0.5, 0.6) is 0 Å². The smallest absolute Gasteiger partial charge is 0.255 e. The summed E-state index contributed by atoms with van der Waals surface area (Å²) >= 11 is 0. The molecule has 10 heteroatoms. The number of halogens is 3. The van der Waals surface area contributed by atoms with Crippen LogP contribution in [0.25, 0.3) is 22.4 Å². The van der Waals surface area contributed by atoms with Gasteiger partial charge in [0.05, 0.1) is 12.7 Å². The first-order chi connectivity index (χ1) is 12.8. The van der Waals surface area contributed by atoms with Crippen LogP contribution in [-0.2, 0) is 4.79 Å². The van der Waals surface area contributed by atoms with Crippen molar-refractivity contribution in [2.75, 3.05) is 11.9 Å².